The minimum Gasteiger partial charge on any atom is -0.366 e. The summed E-state index contributed by atoms with van der Waals surface area (Å²) >= 11 is 1.57. The maximum Gasteiger partial charge on any atom is 0.147 e. The SMILES string of the molecule is CCN(CC)CCCC(C)Nc1nsc2ccccc12. The Morgan fingerprint density at radius 1 is 1.25 bits per heavy atom. The van der Waals surface area contributed by atoms with Gasteiger partial charge in [-0.05, 0) is 63.1 Å². The van der Waals surface area contributed by atoms with E-state index in [9.17, 15) is 0 Å². The van der Waals surface area contributed by atoms with Crippen LogP contribution in [0.5, 0.6) is 0 Å². The van der Waals surface area contributed by atoms with Crippen molar-refractivity contribution in [3.05, 3.63) is 24.3 Å². The Labute approximate surface area is 126 Å². The third-order valence-corrected chi connectivity index (χ3v) is 4.59. The van der Waals surface area contributed by atoms with Crippen molar-refractivity contribution in [1.29, 1.82) is 0 Å². The molecule has 110 valence electrons. The third-order valence-electron chi connectivity index (χ3n) is 3.77. The second kappa shape index (κ2) is 7.60. The maximum atomic E-state index is 4.53. The molecular formula is C16H25N3S. The van der Waals surface area contributed by atoms with Gasteiger partial charge in [-0.25, -0.2) is 0 Å². The van der Waals surface area contributed by atoms with Crippen LogP contribution in [0, 0.1) is 0 Å². The summed E-state index contributed by atoms with van der Waals surface area (Å²) in [6, 6.07) is 8.88. The predicted molar refractivity (Wildman–Crippen MR) is 89.7 cm³/mol. The van der Waals surface area contributed by atoms with Crippen LogP contribution < -0.4 is 5.32 Å². The minimum absolute atomic E-state index is 0.469. The number of nitrogens with zero attached hydrogens (tertiary/aromatic N) is 2. The smallest absolute Gasteiger partial charge is 0.147 e. The minimum atomic E-state index is 0.469. The van der Waals surface area contributed by atoms with E-state index in [2.05, 4.69) is 59.6 Å². The summed E-state index contributed by atoms with van der Waals surface area (Å²) in [6.07, 6.45) is 2.42. The molecule has 1 N–H and O–H groups in total. The van der Waals surface area contributed by atoms with Crippen LogP contribution in [0.3, 0.4) is 0 Å². The highest BCUT2D eigenvalue weighted by molar-refractivity contribution is 7.13. The van der Waals surface area contributed by atoms with Crippen LogP contribution in [0.1, 0.15) is 33.6 Å². The lowest BCUT2D eigenvalue weighted by molar-refractivity contribution is 0.295. The highest BCUT2D eigenvalue weighted by Gasteiger charge is 2.09. The van der Waals surface area contributed by atoms with Crippen molar-refractivity contribution in [2.24, 2.45) is 0 Å². The molecule has 0 radical (unpaired) electrons. The second-order valence-corrected chi connectivity index (χ2v) is 6.05. The highest BCUT2D eigenvalue weighted by Crippen LogP contribution is 2.26. The number of rotatable bonds is 8. The van der Waals surface area contributed by atoms with Crippen LogP contribution in [0.15, 0.2) is 24.3 Å². The average Bonchev–Trinajstić information content (AvgIpc) is 2.87. The van der Waals surface area contributed by atoms with Gasteiger partial charge in [-0.2, -0.15) is 4.37 Å². The monoisotopic (exact) mass is 291 g/mol. The number of hydrogen-bond donors (Lipinski definition) is 1. The Bertz CT molecular complexity index is 519. The van der Waals surface area contributed by atoms with Crippen molar-refractivity contribution in [1.82, 2.24) is 9.27 Å². The fraction of sp³-hybridized carbons (Fsp3) is 0.562. The van der Waals surface area contributed by atoms with E-state index in [1.165, 1.54) is 29.5 Å². The van der Waals surface area contributed by atoms with Crippen LogP contribution in [0.25, 0.3) is 10.1 Å². The van der Waals surface area contributed by atoms with E-state index in [1.807, 2.05) is 0 Å². The summed E-state index contributed by atoms with van der Waals surface area (Å²) in [5, 5.41) is 4.80. The number of aromatic nitrogens is 1. The molecule has 0 fully saturated rings. The second-order valence-electron chi connectivity index (χ2n) is 5.24. The molecule has 1 aromatic heterocycles. The topological polar surface area (TPSA) is 28.2 Å². The first-order valence-corrected chi connectivity index (χ1v) is 8.35. The van der Waals surface area contributed by atoms with E-state index in [-0.39, 0.29) is 0 Å². The number of benzene rings is 1. The van der Waals surface area contributed by atoms with Gasteiger partial charge >= 0.3 is 0 Å². The molecule has 20 heavy (non-hydrogen) atoms. The van der Waals surface area contributed by atoms with Crippen molar-refractivity contribution in [3.63, 3.8) is 0 Å². The van der Waals surface area contributed by atoms with Gasteiger partial charge in [0.15, 0.2) is 0 Å². The first kappa shape index (κ1) is 15.3. The average molecular weight is 291 g/mol. The van der Waals surface area contributed by atoms with Gasteiger partial charge in [0.1, 0.15) is 5.82 Å². The molecule has 0 amide bonds. The highest BCUT2D eigenvalue weighted by atomic mass is 32.1. The summed E-state index contributed by atoms with van der Waals surface area (Å²) in [7, 11) is 0. The molecule has 1 aromatic carbocycles. The Morgan fingerprint density at radius 3 is 2.75 bits per heavy atom. The van der Waals surface area contributed by atoms with Gasteiger partial charge in [0, 0.05) is 11.4 Å². The van der Waals surface area contributed by atoms with Gasteiger partial charge in [0.05, 0.1) is 4.70 Å². The molecule has 0 aliphatic rings. The van der Waals surface area contributed by atoms with Crippen molar-refractivity contribution in [3.8, 4) is 0 Å². The van der Waals surface area contributed by atoms with Crippen molar-refractivity contribution < 1.29 is 0 Å². The number of hydrogen-bond acceptors (Lipinski definition) is 4. The Kier molecular flexibility index (Phi) is 5.80. The van der Waals surface area contributed by atoms with Crippen molar-refractivity contribution in [2.75, 3.05) is 25.0 Å². The first-order chi connectivity index (χ1) is 9.74. The van der Waals surface area contributed by atoms with Crippen LogP contribution in [-0.2, 0) is 0 Å². The zero-order valence-corrected chi connectivity index (χ0v) is 13.5. The Balaban J connectivity index is 1.84. The van der Waals surface area contributed by atoms with Crippen molar-refractivity contribution in [2.45, 2.75) is 39.7 Å². The molecule has 1 unspecified atom stereocenters. The molecule has 1 heterocycles. The lowest BCUT2D eigenvalue weighted by Gasteiger charge is -2.19. The van der Waals surface area contributed by atoms with E-state index in [1.54, 1.807) is 11.5 Å². The third kappa shape index (κ3) is 3.93. The fourth-order valence-electron chi connectivity index (χ4n) is 2.46. The molecule has 0 spiro atoms. The quantitative estimate of drug-likeness (QED) is 0.789. The largest absolute Gasteiger partial charge is 0.366 e. The van der Waals surface area contributed by atoms with Gasteiger partial charge in [-0.3, -0.25) is 0 Å². The standard InChI is InChI=1S/C16H25N3S/c1-4-19(5-2)12-8-9-13(3)17-16-14-10-6-7-11-15(14)20-18-16/h6-7,10-11,13H,4-5,8-9,12H2,1-3H3,(H,17,18). The summed E-state index contributed by atoms with van der Waals surface area (Å²) in [5.74, 6) is 1.04. The molecule has 0 bridgehead atoms. The molecule has 0 saturated carbocycles. The van der Waals surface area contributed by atoms with E-state index < -0.39 is 0 Å². The van der Waals surface area contributed by atoms with E-state index >= 15 is 0 Å². The van der Waals surface area contributed by atoms with E-state index in [0.29, 0.717) is 6.04 Å². The van der Waals surface area contributed by atoms with E-state index in [4.69, 9.17) is 0 Å². The van der Waals surface area contributed by atoms with Crippen molar-refractivity contribution >= 4 is 27.4 Å². The van der Waals surface area contributed by atoms with E-state index in [0.717, 1.165) is 18.9 Å². The zero-order chi connectivity index (χ0) is 14.4. The summed E-state index contributed by atoms with van der Waals surface area (Å²) in [6.45, 7) is 10.2. The van der Waals surface area contributed by atoms with Crippen LogP contribution in [0.4, 0.5) is 5.82 Å². The van der Waals surface area contributed by atoms with Crippen LogP contribution in [0.2, 0.25) is 0 Å². The predicted octanol–water partition coefficient (Wildman–Crippen LogP) is 4.22. The van der Waals surface area contributed by atoms with Gasteiger partial charge < -0.3 is 10.2 Å². The fourth-order valence-corrected chi connectivity index (χ4v) is 3.20. The molecule has 3 nitrogen and oxygen atoms in total. The Hall–Kier alpha value is -1.13. The van der Waals surface area contributed by atoms with Gasteiger partial charge in [-0.15, -0.1) is 0 Å². The zero-order valence-electron chi connectivity index (χ0n) is 12.7. The summed E-state index contributed by atoms with van der Waals surface area (Å²) in [5.41, 5.74) is 0. The summed E-state index contributed by atoms with van der Waals surface area (Å²) < 4.78 is 5.79. The van der Waals surface area contributed by atoms with Crippen LogP contribution >= 0.6 is 11.5 Å². The molecule has 2 rings (SSSR count). The summed E-state index contributed by atoms with van der Waals surface area (Å²) in [4.78, 5) is 2.48. The Morgan fingerprint density at radius 2 is 2.00 bits per heavy atom. The molecule has 0 saturated heterocycles. The number of fused-ring (bicyclic) bond motifs is 1. The maximum absolute atomic E-state index is 4.53. The molecular weight excluding hydrogens is 266 g/mol. The lowest BCUT2D eigenvalue weighted by Crippen LogP contribution is -2.25. The molecule has 1 atom stereocenters. The van der Waals surface area contributed by atoms with Crippen LogP contribution in [-0.4, -0.2) is 34.9 Å². The van der Waals surface area contributed by atoms with Gasteiger partial charge in [0.2, 0.25) is 0 Å². The molecule has 0 aliphatic heterocycles. The lowest BCUT2D eigenvalue weighted by atomic mass is 10.1. The number of anilines is 1. The van der Waals surface area contributed by atoms with Gasteiger partial charge in [-0.1, -0.05) is 26.0 Å². The number of nitrogens with one attached hydrogen (secondary N) is 1. The molecule has 4 heteroatoms. The normalized spacial score (nSPS) is 13.0. The first-order valence-electron chi connectivity index (χ1n) is 7.57. The van der Waals surface area contributed by atoms with Gasteiger partial charge in [0.25, 0.3) is 0 Å². The molecule has 0 aliphatic carbocycles. The molecule has 2 aromatic rings.